The zero-order chi connectivity index (χ0) is 19.1. The Morgan fingerprint density at radius 2 is 1.74 bits per heavy atom. The summed E-state index contributed by atoms with van der Waals surface area (Å²) in [4.78, 5) is 10.5. The van der Waals surface area contributed by atoms with E-state index in [0.717, 1.165) is 38.3 Å². The topological polar surface area (TPSA) is 45.4 Å². The summed E-state index contributed by atoms with van der Waals surface area (Å²) in [7, 11) is 0. The summed E-state index contributed by atoms with van der Waals surface area (Å²) in [5.41, 5.74) is 0.749. The van der Waals surface area contributed by atoms with Crippen molar-refractivity contribution in [1.29, 1.82) is 0 Å². The summed E-state index contributed by atoms with van der Waals surface area (Å²) in [6.07, 6.45) is 0. The van der Waals surface area contributed by atoms with Gasteiger partial charge in [-0.2, -0.15) is 4.98 Å². The molecule has 0 amide bonds. The number of hydrogen-bond acceptors (Lipinski definition) is 6. The molecule has 0 aliphatic rings. The van der Waals surface area contributed by atoms with Crippen molar-refractivity contribution in [3.8, 4) is 11.4 Å². The van der Waals surface area contributed by atoms with Crippen LogP contribution in [-0.2, 0) is 13.1 Å². The maximum atomic E-state index is 13.1. The number of thiophene rings is 1. The van der Waals surface area contributed by atoms with E-state index >= 15 is 0 Å². The Labute approximate surface area is 163 Å². The first-order chi connectivity index (χ1) is 13.2. The second kappa shape index (κ2) is 9.73. The van der Waals surface area contributed by atoms with Crippen LogP contribution in [0.1, 0.15) is 24.6 Å². The van der Waals surface area contributed by atoms with Gasteiger partial charge in [0, 0.05) is 30.1 Å². The van der Waals surface area contributed by atoms with Gasteiger partial charge in [0.25, 0.3) is 0 Å². The Kier molecular flexibility index (Phi) is 7.09. The summed E-state index contributed by atoms with van der Waals surface area (Å²) < 4.78 is 18.5. The van der Waals surface area contributed by atoms with Gasteiger partial charge in [0.2, 0.25) is 11.7 Å². The predicted molar refractivity (Wildman–Crippen MR) is 106 cm³/mol. The van der Waals surface area contributed by atoms with Crippen LogP contribution in [0.3, 0.4) is 0 Å². The summed E-state index contributed by atoms with van der Waals surface area (Å²) in [5.74, 6) is 0.788. The highest BCUT2D eigenvalue weighted by atomic mass is 32.1. The monoisotopic (exact) mass is 388 g/mol. The summed E-state index contributed by atoms with van der Waals surface area (Å²) in [5, 5.41) is 6.15. The second-order valence-electron chi connectivity index (χ2n) is 6.34. The van der Waals surface area contributed by atoms with Gasteiger partial charge in [0.15, 0.2) is 0 Å². The van der Waals surface area contributed by atoms with Crippen LogP contribution in [0.5, 0.6) is 0 Å². The van der Waals surface area contributed by atoms with Crippen LogP contribution in [0, 0.1) is 5.82 Å². The van der Waals surface area contributed by atoms with Crippen molar-refractivity contribution in [3.05, 3.63) is 58.4 Å². The Morgan fingerprint density at radius 1 is 1.00 bits per heavy atom. The second-order valence-corrected chi connectivity index (χ2v) is 7.37. The van der Waals surface area contributed by atoms with E-state index in [-0.39, 0.29) is 5.82 Å². The molecule has 0 fully saturated rings. The van der Waals surface area contributed by atoms with E-state index in [1.165, 1.54) is 17.0 Å². The maximum Gasteiger partial charge on any atom is 0.241 e. The molecule has 0 bridgehead atoms. The van der Waals surface area contributed by atoms with Gasteiger partial charge in [0.05, 0.1) is 6.54 Å². The highest BCUT2D eigenvalue weighted by molar-refractivity contribution is 7.09. The van der Waals surface area contributed by atoms with E-state index in [1.807, 2.05) is 0 Å². The first-order valence-corrected chi connectivity index (χ1v) is 10.1. The first-order valence-electron chi connectivity index (χ1n) is 9.23. The molecule has 7 heteroatoms. The zero-order valence-electron chi connectivity index (χ0n) is 15.8. The number of nitrogens with zero attached hydrogens (tertiary/aromatic N) is 4. The third-order valence-electron chi connectivity index (χ3n) is 4.52. The van der Waals surface area contributed by atoms with Gasteiger partial charge in [-0.25, -0.2) is 4.39 Å². The van der Waals surface area contributed by atoms with Gasteiger partial charge < -0.3 is 9.42 Å². The van der Waals surface area contributed by atoms with Crippen LogP contribution in [0.25, 0.3) is 11.4 Å². The molecule has 144 valence electrons. The Bertz CT molecular complexity index is 800. The molecule has 27 heavy (non-hydrogen) atoms. The fraction of sp³-hybridized carbons (Fsp3) is 0.400. The summed E-state index contributed by atoms with van der Waals surface area (Å²) in [6, 6.07) is 10.3. The third kappa shape index (κ3) is 5.69. The molecule has 0 saturated carbocycles. The van der Waals surface area contributed by atoms with E-state index < -0.39 is 0 Å². The minimum Gasteiger partial charge on any atom is -0.338 e. The van der Waals surface area contributed by atoms with Crippen LogP contribution in [0.4, 0.5) is 4.39 Å². The van der Waals surface area contributed by atoms with Gasteiger partial charge in [-0.05, 0) is 48.8 Å². The van der Waals surface area contributed by atoms with Crippen LogP contribution in [-0.4, -0.2) is 46.1 Å². The average Bonchev–Trinajstić information content (AvgIpc) is 3.35. The number of hydrogen-bond donors (Lipinski definition) is 0. The van der Waals surface area contributed by atoms with E-state index in [4.69, 9.17) is 4.52 Å². The molecule has 0 N–H and O–H groups in total. The van der Waals surface area contributed by atoms with Crippen LogP contribution >= 0.6 is 11.3 Å². The lowest BCUT2D eigenvalue weighted by atomic mass is 10.2. The fourth-order valence-corrected chi connectivity index (χ4v) is 3.63. The van der Waals surface area contributed by atoms with E-state index in [9.17, 15) is 4.39 Å². The van der Waals surface area contributed by atoms with Crippen molar-refractivity contribution in [2.75, 3.05) is 26.2 Å². The summed E-state index contributed by atoms with van der Waals surface area (Å²) in [6.45, 7) is 9.81. The molecule has 0 atom stereocenters. The maximum absolute atomic E-state index is 13.1. The molecule has 1 aromatic carbocycles. The van der Waals surface area contributed by atoms with Crippen molar-refractivity contribution >= 4 is 11.3 Å². The number of rotatable bonds is 10. The SMILES string of the molecule is CCN(CC)CCN(Cc1nc(-c2ccc(F)cc2)no1)Cc1cccs1. The van der Waals surface area contributed by atoms with Gasteiger partial charge in [0.1, 0.15) is 5.82 Å². The molecule has 5 nitrogen and oxygen atoms in total. The van der Waals surface area contributed by atoms with Gasteiger partial charge in [-0.15, -0.1) is 11.3 Å². The molecule has 0 aliphatic heterocycles. The highest BCUT2D eigenvalue weighted by Gasteiger charge is 2.15. The van der Waals surface area contributed by atoms with E-state index in [1.54, 1.807) is 23.5 Å². The van der Waals surface area contributed by atoms with Crippen molar-refractivity contribution in [3.63, 3.8) is 0 Å². The van der Waals surface area contributed by atoms with Gasteiger partial charge in [-0.1, -0.05) is 25.1 Å². The number of benzene rings is 1. The summed E-state index contributed by atoms with van der Waals surface area (Å²) >= 11 is 1.75. The molecule has 0 unspecified atom stereocenters. The molecule has 0 saturated heterocycles. The lowest BCUT2D eigenvalue weighted by molar-refractivity contribution is 0.184. The standard InChI is InChI=1S/C20H25FN4OS/c1-3-24(4-2)11-12-25(14-18-6-5-13-27-18)15-19-22-20(23-26-19)16-7-9-17(21)10-8-16/h5-10,13H,3-4,11-12,14-15H2,1-2H3. The minimum absolute atomic E-state index is 0.277. The number of halogens is 1. The average molecular weight is 389 g/mol. The highest BCUT2D eigenvalue weighted by Crippen LogP contribution is 2.18. The van der Waals surface area contributed by atoms with Crippen LogP contribution in [0.15, 0.2) is 46.3 Å². The lowest BCUT2D eigenvalue weighted by Crippen LogP contribution is -2.34. The minimum atomic E-state index is -0.277. The van der Waals surface area contributed by atoms with Crippen LogP contribution in [0.2, 0.25) is 0 Å². The van der Waals surface area contributed by atoms with E-state index in [0.29, 0.717) is 18.3 Å². The van der Waals surface area contributed by atoms with Gasteiger partial charge >= 0.3 is 0 Å². The normalized spacial score (nSPS) is 11.6. The Hall–Kier alpha value is -2.09. The fourth-order valence-electron chi connectivity index (χ4n) is 2.89. The lowest BCUT2D eigenvalue weighted by Gasteiger charge is -2.24. The van der Waals surface area contributed by atoms with Crippen molar-refractivity contribution in [2.45, 2.75) is 26.9 Å². The molecule has 3 rings (SSSR count). The predicted octanol–water partition coefficient (Wildman–Crippen LogP) is 4.28. The zero-order valence-corrected chi connectivity index (χ0v) is 16.6. The Balaban J connectivity index is 1.68. The molecular weight excluding hydrogens is 363 g/mol. The molecule has 2 aromatic heterocycles. The molecule has 3 aromatic rings. The Morgan fingerprint density at radius 3 is 2.41 bits per heavy atom. The smallest absolute Gasteiger partial charge is 0.241 e. The van der Waals surface area contributed by atoms with Gasteiger partial charge in [-0.3, -0.25) is 4.90 Å². The molecule has 0 radical (unpaired) electrons. The van der Waals surface area contributed by atoms with Crippen molar-refractivity contribution in [1.82, 2.24) is 19.9 Å². The quantitative estimate of drug-likeness (QED) is 0.519. The van der Waals surface area contributed by atoms with E-state index in [2.05, 4.69) is 51.3 Å². The largest absolute Gasteiger partial charge is 0.338 e. The first kappa shape index (κ1) is 19.7. The molecule has 0 spiro atoms. The molecule has 0 aliphatic carbocycles. The third-order valence-corrected chi connectivity index (χ3v) is 5.38. The van der Waals surface area contributed by atoms with Crippen molar-refractivity contribution < 1.29 is 8.91 Å². The van der Waals surface area contributed by atoms with Crippen LogP contribution < -0.4 is 0 Å². The van der Waals surface area contributed by atoms with Crippen molar-refractivity contribution in [2.24, 2.45) is 0 Å². The number of aromatic nitrogens is 2. The number of likely N-dealkylation sites (N-methyl/N-ethyl adjacent to an activating group) is 1. The molecule has 2 heterocycles. The molecular formula is C20H25FN4OS.